The van der Waals surface area contributed by atoms with Crippen LogP contribution in [0.2, 0.25) is 0 Å². The van der Waals surface area contributed by atoms with E-state index in [0.29, 0.717) is 16.8 Å². The van der Waals surface area contributed by atoms with E-state index < -0.39 is 0 Å². The van der Waals surface area contributed by atoms with Crippen molar-refractivity contribution in [2.45, 2.75) is 13.8 Å². The van der Waals surface area contributed by atoms with Crippen molar-refractivity contribution >= 4 is 23.5 Å². The van der Waals surface area contributed by atoms with E-state index in [-0.39, 0.29) is 11.7 Å². The molecule has 4 N–H and O–H groups in total. The second kappa shape index (κ2) is 8.01. The molecule has 6 heteroatoms. The molecule has 0 fully saturated rings. The van der Waals surface area contributed by atoms with Gasteiger partial charge in [0.1, 0.15) is 5.75 Å². The summed E-state index contributed by atoms with van der Waals surface area (Å²) in [6.07, 6.45) is 1.41. The van der Waals surface area contributed by atoms with Crippen LogP contribution in [-0.4, -0.2) is 30.3 Å². The molecule has 0 spiro atoms. The number of nitrogens with one attached hydrogen (secondary N) is 1. The normalized spacial score (nSPS) is 10.8. The fraction of sp³-hybridized carbons (Fsp3) is 0.222. The summed E-state index contributed by atoms with van der Waals surface area (Å²) >= 11 is 0. The van der Waals surface area contributed by atoms with Crippen molar-refractivity contribution in [2.24, 2.45) is 5.10 Å². The number of rotatable bonds is 6. The Hall–Kier alpha value is -3.02. The largest absolute Gasteiger partial charge is 0.507 e. The molecule has 1 amide bonds. The number of benzene rings is 2. The molecule has 0 bridgehead atoms. The maximum Gasteiger partial charge on any atom is 0.271 e. The summed E-state index contributed by atoms with van der Waals surface area (Å²) in [6, 6.07) is 11.9. The van der Waals surface area contributed by atoms with Gasteiger partial charge in [0.25, 0.3) is 5.91 Å². The third-order valence-corrected chi connectivity index (χ3v) is 3.69. The lowest BCUT2D eigenvalue weighted by atomic mass is 10.2. The van der Waals surface area contributed by atoms with Crippen LogP contribution in [0.25, 0.3) is 0 Å². The predicted molar refractivity (Wildman–Crippen MR) is 97.6 cm³/mol. The van der Waals surface area contributed by atoms with Crippen LogP contribution in [0, 0.1) is 0 Å². The van der Waals surface area contributed by atoms with E-state index in [2.05, 4.69) is 29.3 Å². The molecule has 0 atom stereocenters. The number of phenols is 1. The van der Waals surface area contributed by atoms with Crippen LogP contribution < -0.4 is 16.1 Å². The number of hydrogen-bond donors (Lipinski definition) is 3. The first-order valence-electron chi connectivity index (χ1n) is 7.82. The summed E-state index contributed by atoms with van der Waals surface area (Å²) in [6.45, 7) is 5.84. The van der Waals surface area contributed by atoms with Crippen LogP contribution in [0.3, 0.4) is 0 Å². The molecule has 2 aromatic carbocycles. The summed E-state index contributed by atoms with van der Waals surface area (Å²) in [7, 11) is 0. The molecule has 126 valence electrons. The molecule has 0 aliphatic rings. The smallest absolute Gasteiger partial charge is 0.271 e. The van der Waals surface area contributed by atoms with Crippen molar-refractivity contribution in [3.8, 4) is 5.75 Å². The molecule has 6 nitrogen and oxygen atoms in total. The standard InChI is InChI=1S/C18H22N4O2/c1-3-22(4-2)16-10-7-14(17(23)11-16)12-20-21-18(24)13-5-8-15(19)9-6-13/h5-12,23H,3-4,19H2,1-2H3,(H,21,24)/b20-12-. The first-order valence-corrected chi connectivity index (χ1v) is 7.82. The third kappa shape index (κ3) is 4.25. The van der Waals surface area contributed by atoms with Gasteiger partial charge in [-0.15, -0.1) is 0 Å². The van der Waals surface area contributed by atoms with Crippen LogP contribution in [-0.2, 0) is 0 Å². The van der Waals surface area contributed by atoms with Gasteiger partial charge in [0, 0.05) is 41.7 Å². The van der Waals surface area contributed by atoms with Gasteiger partial charge in [-0.3, -0.25) is 4.79 Å². The van der Waals surface area contributed by atoms with Crippen LogP contribution in [0.1, 0.15) is 29.8 Å². The van der Waals surface area contributed by atoms with Gasteiger partial charge in [0.05, 0.1) is 6.21 Å². The zero-order valence-corrected chi connectivity index (χ0v) is 13.9. The van der Waals surface area contributed by atoms with Crippen molar-refractivity contribution in [3.63, 3.8) is 0 Å². The van der Waals surface area contributed by atoms with Crippen LogP contribution >= 0.6 is 0 Å². The Morgan fingerprint density at radius 2 is 1.88 bits per heavy atom. The molecule has 2 aromatic rings. The molecular formula is C18H22N4O2. The highest BCUT2D eigenvalue weighted by atomic mass is 16.3. The van der Waals surface area contributed by atoms with Crippen molar-refractivity contribution in [1.82, 2.24) is 5.43 Å². The van der Waals surface area contributed by atoms with E-state index in [0.717, 1.165) is 18.8 Å². The molecule has 0 heterocycles. The topological polar surface area (TPSA) is 91.0 Å². The Labute approximate surface area is 141 Å². The molecular weight excluding hydrogens is 304 g/mol. The molecule has 0 aromatic heterocycles. The first-order chi connectivity index (χ1) is 11.5. The van der Waals surface area contributed by atoms with Crippen molar-refractivity contribution in [3.05, 3.63) is 53.6 Å². The second-order valence-electron chi connectivity index (χ2n) is 5.24. The van der Waals surface area contributed by atoms with E-state index in [1.54, 1.807) is 36.4 Å². The molecule has 0 aliphatic carbocycles. The second-order valence-corrected chi connectivity index (χ2v) is 5.24. The lowest BCUT2D eigenvalue weighted by Gasteiger charge is -2.21. The van der Waals surface area contributed by atoms with Crippen LogP contribution in [0.4, 0.5) is 11.4 Å². The van der Waals surface area contributed by atoms with Crippen molar-refractivity contribution < 1.29 is 9.90 Å². The number of anilines is 2. The van der Waals surface area contributed by atoms with Crippen LogP contribution in [0.15, 0.2) is 47.6 Å². The maximum absolute atomic E-state index is 11.9. The number of nitrogens with two attached hydrogens (primary N) is 1. The summed E-state index contributed by atoms with van der Waals surface area (Å²) in [4.78, 5) is 14.0. The van der Waals surface area contributed by atoms with E-state index in [1.807, 2.05) is 6.07 Å². The summed E-state index contributed by atoms with van der Waals surface area (Å²) in [5, 5.41) is 14.0. The Bertz CT molecular complexity index is 722. The zero-order chi connectivity index (χ0) is 17.5. The quantitative estimate of drug-likeness (QED) is 0.432. The number of phenolic OH excluding ortho intramolecular Hbond substituents is 1. The molecule has 0 saturated carbocycles. The third-order valence-electron chi connectivity index (χ3n) is 3.69. The van der Waals surface area contributed by atoms with Gasteiger partial charge in [-0.2, -0.15) is 5.10 Å². The number of carbonyl (C=O) groups excluding carboxylic acids is 1. The number of nitrogen functional groups attached to an aromatic ring is 1. The van der Waals surface area contributed by atoms with E-state index in [9.17, 15) is 9.90 Å². The van der Waals surface area contributed by atoms with Gasteiger partial charge in [0.2, 0.25) is 0 Å². The highest BCUT2D eigenvalue weighted by Crippen LogP contribution is 2.23. The van der Waals surface area contributed by atoms with E-state index in [1.165, 1.54) is 6.21 Å². The van der Waals surface area contributed by atoms with E-state index in [4.69, 9.17) is 5.73 Å². The number of hydrazone groups is 1. The number of carbonyl (C=O) groups is 1. The van der Waals surface area contributed by atoms with Gasteiger partial charge >= 0.3 is 0 Å². The van der Waals surface area contributed by atoms with Gasteiger partial charge in [-0.25, -0.2) is 5.43 Å². The summed E-state index contributed by atoms with van der Waals surface area (Å²) in [5.41, 5.74) is 10.5. The lowest BCUT2D eigenvalue weighted by molar-refractivity contribution is 0.0955. The number of aromatic hydroxyl groups is 1. The minimum atomic E-state index is -0.342. The fourth-order valence-corrected chi connectivity index (χ4v) is 2.29. The zero-order valence-electron chi connectivity index (χ0n) is 13.9. The molecule has 0 saturated heterocycles. The molecule has 24 heavy (non-hydrogen) atoms. The number of nitrogens with zero attached hydrogens (tertiary/aromatic N) is 2. The molecule has 0 radical (unpaired) electrons. The number of hydrogen-bond acceptors (Lipinski definition) is 5. The van der Waals surface area contributed by atoms with Gasteiger partial charge in [0.15, 0.2) is 0 Å². The Balaban J connectivity index is 2.03. The monoisotopic (exact) mass is 326 g/mol. The lowest BCUT2D eigenvalue weighted by Crippen LogP contribution is -2.21. The van der Waals surface area contributed by atoms with Crippen molar-refractivity contribution in [2.75, 3.05) is 23.7 Å². The fourth-order valence-electron chi connectivity index (χ4n) is 2.29. The Morgan fingerprint density at radius 3 is 2.46 bits per heavy atom. The minimum Gasteiger partial charge on any atom is -0.507 e. The average Bonchev–Trinajstić information content (AvgIpc) is 2.58. The predicted octanol–water partition coefficient (Wildman–Crippen LogP) is 2.58. The number of amides is 1. The summed E-state index contributed by atoms with van der Waals surface area (Å²) in [5.74, 6) is -0.226. The Kier molecular flexibility index (Phi) is 5.78. The average molecular weight is 326 g/mol. The molecule has 0 aliphatic heterocycles. The maximum atomic E-state index is 11.9. The summed E-state index contributed by atoms with van der Waals surface area (Å²) < 4.78 is 0. The van der Waals surface area contributed by atoms with Gasteiger partial charge in [-0.05, 0) is 50.2 Å². The highest BCUT2D eigenvalue weighted by molar-refractivity contribution is 5.95. The Morgan fingerprint density at radius 1 is 1.21 bits per heavy atom. The SMILES string of the molecule is CCN(CC)c1ccc(/C=N\NC(=O)c2ccc(N)cc2)c(O)c1. The van der Waals surface area contributed by atoms with Gasteiger partial charge in [-0.1, -0.05) is 0 Å². The van der Waals surface area contributed by atoms with Gasteiger partial charge < -0.3 is 15.7 Å². The highest BCUT2D eigenvalue weighted by Gasteiger charge is 2.06. The van der Waals surface area contributed by atoms with Crippen molar-refractivity contribution in [1.29, 1.82) is 0 Å². The first kappa shape index (κ1) is 17.3. The van der Waals surface area contributed by atoms with Crippen LogP contribution in [0.5, 0.6) is 5.75 Å². The molecule has 0 unspecified atom stereocenters. The van der Waals surface area contributed by atoms with E-state index >= 15 is 0 Å². The molecule has 2 rings (SSSR count). The minimum absolute atomic E-state index is 0.116.